The van der Waals surface area contributed by atoms with Gasteiger partial charge in [0.15, 0.2) is 0 Å². The molecule has 0 saturated carbocycles. The van der Waals surface area contributed by atoms with Crippen LogP contribution in [0.1, 0.15) is 50.9 Å². The molecule has 0 N–H and O–H groups in total. The lowest BCUT2D eigenvalue weighted by atomic mass is 9.76. The summed E-state index contributed by atoms with van der Waals surface area (Å²) in [6, 6.07) is 18.8. The van der Waals surface area contributed by atoms with Crippen LogP contribution in [-0.2, 0) is 12.4 Å². The number of likely N-dealkylation sites (tertiary alicyclic amines) is 1. The first-order chi connectivity index (χ1) is 19.4. The summed E-state index contributed by atoms with van der Waals surface area (Å²) in [7, 11) is 2.09. The van der Waals surface area contributed by atoms with Gasteiger partial charge in [0.2, 0.25) is 0 Å². The molecule has 2 fully saturated rings. The van der Waals surface area contributed by atoms with Gasteiger partial charge in [-0.25, -0.2) is 0 Å². The molecule has 0 aliphatic carbocycles. The summed E-state index contributed by atoms with van der Waals surface area (Å²) in [5.74, 6) is -1.03. The molecule has 0 radical (unpaired) electrons. The molecule has 218 valence electrons. The first kappa shape index (κ1) is 29.0. The second kappa shape index (κ2) is 11.4. The van der Waals surface area contributed by atoms with E-state index in [1.165, 1.54) is 4.90 Å². The van der Waals surface area contributed by atoms with Crippen molar-refractivity contribution in [3.63, 3.8) is 0 Å². The Morgan fingerprint density at radius 1 is 0.732 bits per heavy atom. The number of likely N-dealkylation sites (N-methyl/N-ethyl adjacent to an activating group) is 1. The second-order valence-electron chi connectivity index (χ2n) is 10.8. The molecule has 0 spiro atoms. The van der Waals surface area contributed by atoms with Crippen LogP contribution in [0, 0.1) is 0 Å². The number of amides is 1. The van der Waals surface area contributed by atoms with Crippen LogP contribution in [0.5, 0.6) is 0 Å². The molecule has 2 aliphatic rings. The van der Waals surface area contributed by atoms with Gasteiger partial charge in [-0.15, -0.1) is 0 Å². The SMILES string of the molecule is CN1CCN(c2ccccc2[C@H]2CCN(C(=O)c3cc(C(F)(F)F)cc(C(F)(F)F)c3)C[C@H]2c2ccccc2)CC1. The molecule has 0 unspecified atom stereocenters. The molecule has 0 bridgehead atoms. The van der Waals surface area contributed by atoms with Gasteiger partial charge < -0.3 is 14.7 Å². The van der Waals surface area contributed by atoms with Crippen molar-refractivity contribution in [1.82, 2.24) is 9.80 Å². The van der Waals surface area contributed by atoms with E-state index < -0.39 is 35.0 Å². The standard InChI is InChI=1S/C31H31F6N3O/c1-38-13-15-39(16-14-38)28-10-6-5-9-26(28)25-11-12-40(20-27(25)21-7-3-2-4-8-21)29(41)22-17-23(30(32,33)34)19-24(18-22)31(35,36)37/h2-10,17-19,25,27H,11-16,20H2,1H3/t25-,27+/m1/s1. The lowest BCUT2D eigenvalue weighted by molar-refractivity contribution is -0.143. The summed E-state index contributed by atoms with van der Waals surface area (Å²) >= 11 is 0. The molecule has 3 aromatic rings. The van der Waals surface area contributed by atoms with Gasteiger partial charge in [0.05, 0.1) is 11.1 Å². The first-order valence-electron chi connectivity index (χ1n) is 13.6. The summed E-state index contributed by atoms with van der Waals surface area (Å²) in [5, 5.41) is 0. The zero-order chi connectivity index (χ0) is 29.4. The number of alkyl halides is 6. The minimum Gasteiger partial charge on any atom is -0.369 e. The molecule has 4 nitrogen and oxygen atoms in total. The molecule has 10 heteroatoms. The van der Waals surface area contributed by atoms with E-state index in [-0.39, 0.29) is 31.0 Å². The Labute approximate surface area is 235 Å². The smallest absolute Gasteiger partial charge is 0.369 e. The third-order valence-electron chi connectivity index (χ3n) is 8.14. The maximum absolute atomic E-state index is 13.5. The first-order valence-corrected chi connectivity index (χ1v) is 13.6. The van der Waals surface area contributed by atoms with Gasteiger partial charge in [-0.1, -0.05) is 48.5 Å². The minimum absolute atomic E-state index is 0.00421. The number of halogens is 6. The van der Waals surface area contributed by atoms with Crippen LogP contribution < -0.4 is 4.90 Å². The molecule has 2 heterocycles. The van der Waals surface area contributed by atoms with E-state index >= 15 is 0 Å². The van der Waals surface area contributed by atoms with Crippen molar-refractivity contribution in [2.75, 3.05) is 51.2 Å². The normalized spacial score (nSPS) is 20.8. The van der Waals surface area contributed by atoms with Gasteiger partial charge in [-0.05, 0) is 54.8 Å². The Hall–Kier alpha value is -3.53. The molecule has 0 aromatic heterocycles. The Morgan fingerprint density at radius 3 is 1.93 bits per heavy atom. The van der Waals surface area contributed by atoms with Crippen molar-refractivity contribution in [2.24, 2.45) is 0 Å². The lowest BCUT2D eigenvalue weighted by Gasteiger charge is -2.42. The fourth-order valence-electron chi connectivity index (χ4n) is 5.94. The Morgan fingerprint density at radius 2 is 1.32 bits per heavy atom. The maximum Gasteiger partial charge on any atom is 0.416 e. The molecule has 2 aliphatic heterocycles. The van der Waals surface area contributed by atoms with Crippen molar-refractivity contribution in [3.8, 4) is 0 Å². The Bertz CT molecular complexity index is 1330. The van der Waals surface area contributed by atoms with Gasteiger partial charge in [0.25, 0.3) is 5.91 Å². The van der Waals surface area contributed by atoms with Crippen molar-refractivity contribution in [2.45, 2.75) is 30.6 Å². The van der Waals surface area contributed by atoms with E-state index in [0.717, 1.165) is 43.0 Å². The van der Waals surface area contributed by atoms with Crippen molar-refractivity contribution in [3.05, 3.63) is 101 Å². The molecule has 3 aromatic carbocycles. The highest BCUT2D eigenvalue weighted by molar-refractivity contribution is 5.95. The average molecular weight is 576 g/mol. The van der Waals surface area contributed by atoms with E-state index in [1.807, 2.05) is 42.5 Å². The molecule has 2 saturated heterocycles. The zero-order valence-corrected chi connectivity index (χ0v) is 22.6. The van der Waals surface area contributed by atoms with Crippen molar-refractivity contribution >= 4 is 11.6 Å². The number of anilines is 1. The predicted octanol–water partition coefficient (Wildman–Crippen LogP) is 6.89. The van der Waals surface area contributed by atoms with Gasteiger partial charge in [-0.2, -0.15) is 26.3 Å². The highest BCUT2D eigenvalue weighted by atomic mass is 19.4. The number of piperazine rings is 1. The van der Waals surface area contributed by atoms with Crippen LogP contribution in [0.2, 0.25) is 0 Å². The Balaban J connectivity index is 1.48. The monoisotopic (exact) mass is 575 g/mol. The number of nitrogens with zero attached hydrogens (tertiary/aromatic N) is 3. The topological polar surface area (TPSA) is 26.8 Å². The summed E-state index contributed by atoms with van der Waals surface area (Å²) in [4.78, 5) is 19.5. The van der Waals surface area contributed by atoms with E-state index in [1.54, 1.807) is 0 Å². The highest BCUT2D eigenvalue weighted by Crippen LogP contribution is 2.44. The average Bonchev–Trinajstić information content (AvgIpc) is 2.96. The van der Waals surface area contributed by atoms with Crippen LogP contribution >= 0.6 is 0 Å². The fraction of sp³-hybridized carbons (Fsp3) is 0.387. The summed E-state index contributed by atoms with van der Waals surface area (Å²) in [6.07, 6.45) is -9.53. The number of carbonyl (C=O) groups is 1. The number of benzene rings is 3. The summed E-state index contributed by atoms with van der Waals surface area (Å²) in [6.45, 7) is 3.99. The van der Waals surface area contributed by atoms with Crippen LogP contribution in [0.3, 0.4) is 0 Å². The van der Waals surface area contributed by atoms with Crippen LogP contribution in [0.15, 0.2) is 72.8 Å². The van der Waals surface area contributed by atoms with Crippen LogP contribution in [0.4, 0.5) is 32.0 Å². The van der Waals surface area contributed by atoms with E-state index in [2.05, 4.69) is 29.0 Å². The molecule has 5 rings (SSSR count). The number of piperidine rings is 1. The number of hydrogen-bond acceptors (Lipinski definition) is 3. The predicted molar refractivity (Wildman–Crippen MR) is 145 cm³/mol. The maximum atomic E-state index is 13.5. The van der Waals surface area contributed by atoms with E-state index in [9.17, 15) is 31.1 Å². The van der Waals surface area contributed by atoms with Crippen molar-refractivity contribution < 1.29 is 31.1 Å². The number of carbonyl (C=O) groups excluding carboxylic acids is 1. The largest absolute Gasteiger partial charge is 0.416 e. The van der Waals surface area contributed by atoms with Crippen LogP contribution in [0.25, 0.3) is 0 Å². The minimum atomic E-state index is -5.02. The second-order valence-corrected chi connectivity index (χ2v) is 10.8. The zero-order valence-electron chi connectivity index (χ0n) is 22.6. The third-order valence-corrected chi connectivity index (χ3v) is 8.14. The molecule has 2 atom stereocenters. The fourth-order valence-corrected chi connectivity index (χ4v) is 5.94. The highest BCUT2D eigenvalue weighted by Gasteiger charge is 2.40. The molecule has 1 amide bonds. The van der Waals surface area contributed by atoms with E-state index in [0.29, 0.717) is 18.6 Å². The van der Waals surface area contributed by atoms with Gasteiger partial charge in [0.1, 0.15) is 0 Å². The lowest BCUT2D eigenvalue weighted by Crippen LogP contribution is -2.45. The Kier molecular flexibility index (Phi) is 8.05. The molecular formula is C31H31F6N3O. The summed E-state index contributed by atoms with van der Waals surface area (Å²) in [5.41, 5.74) is -0.383. The molecular weight excluding hydrogens is 544 g/mol. The van der Waals surface area contributed by atoms with Gasteiger partial charge in [-0.3, -0.25) is 4.79 Å². The quantitative estimate of drug-likeness (QED) is 0.317. The van der Waals surface area contributed by atoms with Crippen molar-refractivity contribution in [1.29, 1.82) is 0 Å². The van der Waals surface area contributed by atoms with Crippen LogP contribution in [-0.4, -0.2) is 62.0 Å². The number of rotatable bonds is 4. The third kappa shape index (κ3) is 6.37. The summed E-state index contributed by atoms with van der Waals surface area (Å²) < 4.78 is 80.9. The van der Waals surface area contributed by atoms with Gasteiger partial charge >= 0.3 is 12.4 Å². The van der Waals surface area contributed by atoms with E-state index in [4.69, 9.17) is 0 Å². The number of hydrogen-bond donors (Lipinski definition) is 0. The molecule has 41 heavy (non-hydrogen) atoms. The van der Waals surface area contributed by atoms with Gasteiger partial charge in [0, 0.05) is 56.4 Å². The number of para-hydroxylation sites is 1.